The fourth-order valence-electron chi connectivity index (χ4n) is 5.04. The average Bonchev–Trinajstić information content (AvgIpc) is 3.53. The molecule has 0 spiro atoms. The van der Waals surface area contributed by atoms with E-state index in [9.17, 15) is 9.59 Å². The third-order valence-corrected chi connectivity index (χ3v) is 8.42. The molecule has 0 radical (unpaired) electrons. The summed E-state index contributed by atoms with van der Waals surface area (Å²) in [5.41, 5.74) is 2.14. The zero-order valence-electron chi connectivity index (χ0n) is 22.1. The molecule has 8 nitrogen and oxygen atoms in total. The zero-order chi connectivity index (χ0) is 27.8. The number of furan rings is 1. The number of benzene rings is 2. The molecule has 1 N–H and O–H groups in total. The Bertz CT molecular complexity index is 1760. The molecule has 2 aromatic carbocycles. The van der Waals surface area contributed by atoms with Crippen LogP contribution in [0.1, 0.15) is 24.3 Å². The smallest absolute Gasteiger partial charge is 0.271 e. The van der Waals surface area contributed by atoms with Crippen LogP contribution in [0.5, 0.6) is 0 Å². The zero-order valence-corrected chi connectivity index (χ0v) is 23.7. The topological polar surface area (TPSA) is 83.1 Å². The molecule has 1 atom stereocenters. The first-order valence-electron chi connectivity index (χ1n) is 13.0. The predicted octanol–water partition coefficient (Wildman–Crippen LogP) is 3.87. The molecule has 40 heavy (non-hydrogen) atoms. The lowest BCUT2D eigenvalue weighted by molar-refractivity contribution is -0.113. The van der Waals surface area contributed by atoms with Gasteiger partial charge in [-0.15, -0.1) is 0 Å². The maximum atomic E-state index is 13.9. The van der Waals surface area contributed by atoms with Gasteiger partial charge in [0.1, 0.15) is 5.76 Å². The van der Waals surface area contributed by atoms with Crippen LogP contribution in [0, 0.1) is 0 Å². The highest BCUT2D eigenvalue weighted by atomic mass is 35.5. The number of carbonyl (C=O) groups excluding carboxylic acids is 1. The minimum absolute atomic E-state index is 0.237. The van der Waals surface area contributed by atoms with Crippen LogP contribution in [0.25, 0.3) is 6.08 Å². The van der Waals surface area contributed by atoms with Crippen LogP contribution in [0.4, 0.5) is 11.6 Å². The van der Waals surface area contributed by atoms with Crippen molar-refractivity contribution in [3.8, 4) is 0 Å². The molecule has 10 heteroatoms. The fraction of sp³-hybridized carbons (Fsp3) is 0.233. The maximum absolute atomic E-state index is 13.9. The van der Waals surface area contributed by atoms with Gasteiger partial charge in [-0.05, 0) is 49.9 Å². The molecule has 1 saturated heterocycles. The van der Waals surface area contributed by atoms with Gasteiger partial charge in [0.05, 0.1) is 21.8 Å². The van der Waals surface area contributed by atoms with E-state index in [4.69, 9.17) is 21.0 Å². The van der Waals surface area contributed by atoms with Crippen LogP contribution in [-0.2, 0) is 4.79 Å². The monoisotopic (exact) mass is 573 g/mol. The fourth-order valence-corrected chi connectivity index (χ4v) is 6.19. The highest BCUT2D eigenvalue weighted by Gasteiger charge is 2.32. The quantitative estimate of drug-likeness (QED) is 0.392. The largest absolute Gasteiger partial charge is 0.441 e. The van der Waals surface area contributed by atoms with Crippen molar-refractivity contribution in [1.29, 1.82) is 0 Å². The number of anilines is 2. The van der Waals surface area contributed by atoms with Gasteiger partial charge in [0.25, 0.3) is 11.5 Å². The van der Waals surface area contributed by atoms with E-state index in [-0.39, 0.29) is 11.5 Å². The Balaban J connectivity index is 1.41. The number of fused-ring (bicyclic) bond motifs is 1. The number of allylic oxidation sites excluding steroid dienone is 1. The van der Waals surface area contributed by atoms with E-state index < -0.39 is 6.04 Å². The molecular formula is C30H28ClN5O3S. The second kappa shape index (κ2) is 10.9. The van der Waals surface area contributed by atoms with Gasteiger partial charge in [-0.25, -0.2) is 4.99 Å². The summed E-state index contributed by atoms with van der Waals surface area (Å²) in [5, 5.41) is 3.53. The third-order valence-electron chi connectivity index (χ3n) is 7.18. The lowest BCUT2D eigenvalue weighted by Crippen LogP contribution is -2.44. The number of hydrogen-bond acceptors (Lipinski definition) is 7. The Morgan fingerprint density at radius 3 is 2.50 bits per heavy atom. The Hall–Kier alpha value is -3.92. The van der Waals surface area contributed by atoms with E-state index in [0.717, 1.165) is 37.6 Å². The summed E-state index contributed by atoms with van der Waals surface area (Å²) >= 11 is 7.46. The normalized spacial score (nSPS) is 18.0. The van der Waals surface area contributed by atoms with Crippen LogP contribution >= 0.6 is 22.9 Å². The van der Waals surface area contributed by atoms with E-state index in [2.05, 4.69) is 22.2 Å². The summed E-state index contributed by atoms with van der Waals surface area (Å²) in [5.74, 6) is 1.08. The summed E-state index contributed by atoms with van der Waals surface area (Å²) in [4.78, 5) is 37.2. The molecule has 1 fully saturated rings. The van der Waals surface area contributed by atoms with Gasteiger partial charge in [0.2, 0.25) is 0 Å². The minimum atomic E-state index is -0.670. The first kappa shape index (κ1) is 26.3. The highest BCUT2D eigenvalue weighted by molar-refractivity contribution is 7.07. The number of carbonyl (C=O) groups is 1. The number of rotatable bonds is 5. The van der Waals surface area contributed by atoms with Gasteiger partial charge < -0.3 is 19.5 Å². The Morgan fingerprint density at radius 1 is 1.05 bits per heavy atom. The summed E-state index contributed by atoms with van der Waals surface area (Å²) < 4.78 is 8.19. The summed E-state index contributed by atoms with van der Waals surface area (Å²) in [7, 11) is 2.11. The number of nitrogens with one attached hydrogen (secondary N) is 1. The summed E-state index contributed by atoms with van der Waals surface area (Å²) in [6, 6.07) is 19.6. The molecule has 4 heterocycles. The number of aromatic nitrogens is 1. The molecule has 4 aromatic rings. The number of amides is 1. The van der Waals surface area contributed by atoms with Crippen molar-refractivity contribution < 1.29 is 9.21 Å². The predicted molar refractivity (Wildman–Crippen MR) is 159 cm³/mol. The lowest BCUT2D eigenvalue weighted by Gasteiger charge is -2.32. The van der Waals surface area contributed by atoms with Crippen LogP contribution < -0.4 is 25.1 Å². The third kappa shape index (κ3) is 5.15. The van der Waals surface area contributed by atoms with Crippen molar-refractivity contribution in [2.45, 2.75) is 13.0 Å². The van der Waals surface area contributed by atoms with Gasteiger partial charge in [-0.2, -0.15) is 0 Å². The number of piperazine rings is 1. The molecule has 0 aliphatic carbocycles. The van der Waals surface area contributed by atoms with Crippen LogP contribution in [0.3, 0.4) is 0 Å². The molecule has 2 aliphatic heterocycles. The van der Waals surface area contributed by atoms with Crippen molar-refractivity contribution in [2.75, 3.05) is 43.4 Å². The molecule has 0 bridgehead atoms. The van der Waals surface area contributed by atoms with Crippen molar-refractivity contribution in [3.05, 3.63) is 114 Å². The first-order valence-corrected chi connectivity index (χ1v) is 14.2. The molecular weight excluding hydrogens is 546 g/mol. The maximum Gasteiger partial charge on any atom is 0.271 e. The standard InChI is InChI=1S/C30H28ClN5O3S/c1-19-26(28(37)33-22-6-4-3-5-7-22)27(20-8-10-21(31)11-9-20)36-29(38)24(40-30(36)32-19)18-23-12-13-25(39-23)35-16-14-34(2)15-17-35/h3-13,18,27H,14-17H2,1-2H3,(H,33,37)/b24-18+. The van der Waals surface area contributed by atoms with E-state index >= 15 is 0 Å². The number of likely N-dealkylation sites (N-methyl/N-ethyl adjacent to an activating group) is 1. The van der Waals surface area contributed by atoms with Gasteiger partial charge in [-0.3, -0.25) is 14.2 Å². The number of thiazole rings is 1. The molecule has 2 aliphatic rings. The minimum Gasteiger partial charge on any atom is -0.441 e. The first-order chi connectivity index (χ1) is 19.4. The molecule has 204 valence electrons. The Morgan fingerprint density at radius 2 is 1.77 bits per heavy atom. The Labute approximate surface area is 240 Å². The van der Waals surface area contributed by atoms with E-state index in [1.807, 2.05) is 54.6 Å². The average molecular weight is 574 g/mol. The lowest BCUT2D eigenvalue weighted by atomic mass is 9.95. The molecule has 6 rings (SSSR count). The number of para-hydroxylation sites is 1. The van der Waals surface area contributed by atoms with Gasteiger partial charge in [0.15, 0.2) is 10.7 Å². The molecule has 1 amide bonds. The molecule has 0 saturated carbocycles. The van der Waals surface area contributed by atoms with Gasteiger partial charge in [-0.1, -0.05) is 53.3 Å². The second-order valence-electron chi connectivity index (χ2n) is 9.92. The molecule has 1 unspecified atom stereocenters. The number of halogens is 1. The van der Waals surface area contributed by atoms with Crippen LogP contribution in [-0.4, -0.2) is 48.6 Å². The summed E-state index contributed by atoms with van der Waals surface area (Å²) in [6.07, 6.45) is 1.76. The number of nitrogens with zero attached hydrogens (tertiary/aromatic N) is 4. The van der Waals surface area contributed by atoms with E-state index in [1.54, 1.807) is 29.7 Å². The SMILES string of the molecule is CC1=C(C(=O)Nc2ccccc2)C(c2ccc(Cl)cc2)n2c(s/c(=C/c3ccc(N4CCN(C)CC4)o3)c2=O)=N1. The van der Waals surface area contributed by atoms with Gasteiger partial charge >= 0.3 is 0 Å². The van der Waals surface area contributed by atoms with Gasteiger partial charge in [0, 0.05) is 49.0 Å². The Kier molecular flexibility index (Phi) is 7.18. The van der Waals surface area contributed by atoms with Crippen molar-refractivity contribution >= 4 is 46.5 Å². The van der Waals surface area contributed by atoms with Crippen LogP contribution in [0.2, 0.25) is 5.02 Å². The van der Waals surface area contributed by atoms with E-state index in [0.29, 0.717) is 37.1 Å². The second-order valence-corrected chi connectivity index (χ2v) is 11.4. The van der Waals surface area contributed by atoms with E-state index in [1.165, 1.54) is 11.3 Å². The van der Waals surface area contributed by atoms with Crippen LogP contribution in [0.15, 0.2) is 92.2 Å². The summed E-state index contributed by atoms with van der Waals surface area (Å²) in [6.45, 7) is 5.52. The number of hydrogen-bond donors (Lipinski definition) is 1. The molecule has 2 aromatic heterocycles. The highest BCUT2D eigenvalue weighted by Crippen LogP contribution is 2.31. The van der Waals surface area contributed by atoms with Crippen molar-refractivity contribution in [2.24, 2.45) is 4.99 Å². The van der Waals surface area contributed by atoms with Crippen molar-refractivity contribution in [3.63, 3.8) is 0 Å². The van der Waals surface area contributed by atoms with Crippen molar-refractivity contribution in [1.82, 2.24) is 9.47 Å².